The second kappa shape index (κ2) is 4.23. The average Bonchev–Trinajstić information content (AvgIpc) is 2.49. The van der Waals surface area contributed by atoms with E-state index in [9.17, 15) is 4.79 Å². The van der Waals surface area contributed by atoms with Crippen LogP contribution in [0.3, 0.4) is 0 Å². The largest absolute Gasteiger partial charge is 0.340 e. The molecule has 78 valence electrons. The van der Waals surface area contributed by atoms with Crippen LogP contribution in [0.25, 0.3) is 0 Å². The van der Waals surface area contributed by atoms with Crippen molar-refractivity contribution in [2.75, 3.05) is 7.05 Å². The van der Waals surface area contributed by atoms with E-state index in [-0.39, 0.29) is 5.91 Å². The van der Waals surface area contributed by atoms with Gasteiger partial charge in [-0.2, -0.15) is 5.10 Å². The zero-order chi connectivity index (χ0) is 10.7. The molecule has 0 radical (unpaired) electrons. The zero-order valence-corrected chi connectivity index (χ0v) is 8.77. The van der Waals surface area contributed by atoms with E-state index >= 15 is 0 Å². The van der Waals surface area contributed by atoms with Gasteiger partial charge in [-0.15, -0.1) is 0 Å². The molecule has 5 nitrogen and oxygen atoms in total. The molecule has 1 amide bonds. The third kappa shape index (κ3) is 2.56. The summed E-state index contributed by atoms with van der Waals surface area (Å²) in [5, 5.41) is 4.02. The van der Waals surface area contributed by atoms with Crippen LogP contribution in [-0.4, -0.2) is 33.7 Å². The Labute approximate surface area is 83.5 Å². The van der Waals surface area contributed by atoms with Gasteiger partial charge in [-0.25, -0.2) is 0 Å². The fourth-order valence-corrected chi connectivity index (χ4v) is 1.25. The average molecular weight is 196 g/mol. The Balaban J connectivity index is 2.57. The van der Waals surface area contributed by atoms with Crippen molar-refractivity contribution in [1.29, 1.82) is 0 Å². The first-order valence-corrected chi connectivity index (χ1v) is 4.49. The number of aromatic nitrogens is 2. The van der Waals surface area contributed by atoms with E-state index in [0.717, 1.165) is 5.56 Å². The number of hydrogen-bond acceptors (Lipinski definition) is 3. The summed E-state index contributed by atoms with van der Waals surface area (Å²) in [5.41, 5.74) is 6.49. The van der Waals surface area contributed by atoms with E-state index in [1.165, 1.54) is 0 Å². The molecule has 5 heteroatoms. The van der Waals surface area contributed by atoms with Crippen LogP contribution in [0, 0.1) is 0 Å². The Morgan fingerprint density at radius 2 is 2.43 bits per heavy atom. The maximum Gasteiger partial charge on any atom is 0.239 e. The van der Waals surface area contributed by atoms with E-state index in [4.69, 9.17) is 5.73 Å². The van der Waals surface area contributed by atoms with Gasteiger partial charge in [-0.3, -0.25) is 9.48 Å². The van der Waals surface area contributed by atoms with Crippen LogP contribution in [-0.2, 0) is 18.4 Å². The Hall–Kier alpha value is -1.36. The summed E-state index contributed by atoms with van der Waals surface area (Å²) in [6.45, 7) is 2.23. The van der Waals surface area contributed by atoms with Gasteiger partial charge in [0.25, 0.3) is 0 Å². The topological polar surface area (TPSA) is 64.2 Å². The minimum atomic E-state index is -0.448. The molecule has 1 rings (SSSR count). The summed E-state index contributed by atoms with van der Waals surface area (Å²) in [5.74, 6) is -0.0612. The number of carbonyl (C=O) groups excluding carboxylic acids is 1. The number of aryl methyl sites for hydroxylation is 1. The van der Waals surface area contributed by atoms with E-state index in [1.807, 2.05) is 13.2 Å². The van der Waals surface area contributed by atoms with E-state index in [2.05, 4.69) is 5.10 Å². The molecule has 1 aromatic rings. The van der Waals surface area contributed by atoms with Crippen LogP contribution in [0.15, 0.2) is 12.4 Å². The van der Waals surface area contributed by atoms with E-state index < -0.39 is 6.04 Å². The van der Waals surface area contributed by atoms with Crippen molar-refractivity contribution in [3.8, 4) is 0 Å². The maximum absolute atomic E-state index is 11.4. The standard InChI is InChI=1S/C9H16N4O/c1-7(10)9(14)12(2)5-8-4-11-13(3)6-8/h4,6-7H,5,10H2,1-3H3/t7-/m1/s1. The molecule has 1 atom stereocenters. The molecule has 0 aromatic carbocycles. The summed E-state index contributed by atoms with van der Waals surface area (Å²) >= 11 is 0. The quantitative estimate of drug-likeness (QED) is 0.723. The Bertz CT molecular complexity index is 318. The molecule has 0 aliphatic rings. The van der Waals surface area contributed by atoms with Crippen molar-refractivity contribution < 1.29 is 4.79 Å². The van der Waals surface area contributed by atoms with Gasteiger partial charge in [0, 0.05) is 32.4 Å². The number of amides is 1. The van der Waals surface area contributed by atoms with Crippen LogP contribution < -0.4 is 5.73 Å². The number of nitrogens with zero attached hydrogens (tertiary/aromatic N) is 3. The molecule has 1 heterocycles. The van der Waals surface area contributed by atoms with Gasteiger partial charge in [0.2, 0.25) is 5.91 Å². The number of hydrogen-bond donors (Lipinski definition) is 1. The van der Waals surface area contributed by atoms with Crippen LogP contribution in [0.2, 0.25) is 0 Å². The third-order valence-corrected chi connectivity index (χ3v) is 1.94. The molecule has 0 fully saturated rings. The Kier molecular flexibility index (Phi) is 3.24. The SMILES string of the molecule is C[C@@H](N)C(=O)N(C)Cc1cnn(C)c1. The minimum Gasteiger partial charge on any atom is -0.340 e. The molecule has 0 aliphatic heterocycles. The summed E-state index contributed by atoms with van der Waals surface area (Å²) in [6, 6.07) is -0.448. The molecular formula is C9H16N4O. The first kappa shape index (κ1) is 10.7. The predicted octanol–water partition coefficient (Wildman–Crippen LogP) is -0.274. The minimum absolute atomic E-state index is 0.0612. The van der Waals surface area contributed by atoms with Gasteiger partial charge in [-0.05, 0) is 6.92 Å². The van der Waals surface area contributed by atoms with Gasteiger partial charge in [-0.1, -0.05) is 0 Å². The zero-order valence-electron chi connectivity index (χ0n) is 8.77. The molecule has 1 aromatic heterocycles. The van der Waals surface area contributed by atoms with E-state index in [0.29, 0.717) is 6.54 Å². The normalized spacial score (nSPS) is 12.6. The molecule has 0 saturated heterocycles. The molecule has 0 spiro atoms. The molecule has 2 N–H and O–H groups in total. The number of carbonyl (C=O) groups is 1. The van der Waals surface area contributed by atoms with Crippen LogP contribution in [0.4, 0.5) is 0 Å². The monoisotopic (exact) mass is 196 g/mol. The van der Waals surface area contributed by atoms with Gasteiger partial charge in [0.15, 0.2) is 0 Å². The molecule has 0 bridgehead atoms. The van der Waals surface area contributed by atoms with Crippen molar-refractivity contribution in [3.05, 3.63) is 18.0 Å². The summed E-state index contributed by atoms with van der Waals surface area (Å²) < 4.78 is 1.71. The lowest BCUT2D eigenvalue weighted by Gasteiger charge is -2.18. The lowest BCUT2D eigenvalue weighted by atomic mass is 10.3. The summed E-state index contributed by atoms with van der Waals surface area (Å²) in [4.78, 5) is 13.0. The van der Waals surface area contributed by atoms with Gasteiger partial charge in [0.05, 0.1) is 12.2 Å². The smallest absolute Gasteiger partial charge is 0.239 e. The number of rotatable bonds is 3. The highest BCUT2D eigenvalue weighted by Crippen LogP contribution is 2.02. The fourth-order valence-electron chi connectivity index (χ4n) is 1.25. The van der Waals surface area contributed by atoms with Crippen LogP contribution in [0.1, 0.15) is 12.5 Å². The highest BCUT2D eigenvalue weighted by molar-refractivity contribution is 5.80. The first-order valence-electron chi connectivity index (χ1n) is 4.49. The van der Waals surface area contributed by atoms with Gasteiger partial charge in [0.1, 0.15) is 0 Å². The lowest BCUT2D eigenvalue weighted by molar-refractivity contribution is -0.131. The van der Waals surface area contributed by atoms with Crippen molar-refractivity contribution in [2.24, 2.45) is 12.8 Å². The summed E-state index contributed by atoms with van der Waals surface area (Å²) in [7, 11) is 3.58. The van der Waals surface area contributed by atoms with Crippen LogP contribution in [0.5, 0.6) is 0 Å². The Morgan fingerprint density at radius 1 is 1.79 bits per heavy atom. The van der Waals surface area contributed by atoms with Crippen molar-refractivity contribution in [1.82, 2.24) is 14.7 Å². The summed E-state index contributed by atoms with van der Waals surface area (Å²) in [6.07, 6.45) is 3.62. The second-order valence-corrected chi connectivity index (χ2v) is 3.51. The molecule has 0 saturated carbocycles. The molecule has 0 unspecified atom stereocenters. The molecular weight excluding hydrogens is 180 g/mol. The third-order valence-electron chi connectivity index (χ3n) is 1.94. The predicted molar refractivity (Wildman–Crippen MR) is 53.3 cm³/mol. The van der Waals surface area contributed by atoms with E-state index in [1.54, 1.807) is 29.7 Å². The maximum atomic E-state index is 11.4. The number of nitrogens with two attached hydrogens (primary N) is 1. The van der Waals surface area contributed by atoms with Gasteiger partial charge >= 0.3 is 0 Å². The second-order valence-electron chi connectivity index (χ2n) is 3.51. The Morgan fingerprint density at radius 3 is 2.86 bits per heavy atom. The molecule has 0 aliphatic carbocycles. The lowest BCUT2D eigenvalue weighted by Crippen LogP contribution is -2.39. The first-order chi connectivity index (χ1) is 6.50. The van der Waals surface area contributed by atoms with Crippen LogP contribution >= 0.6 is 0 Å². The van der Waals surface area contributed by atoms with Crippen molar-refractivity contribution in [3.63, 3.8) is 0 Å². The highest BCUT2D eigenvalue weighted by Gasteiger charge is 2.13. The number of likely N-dealkylation sites (N-methyl/N-ethyl adjacent to an activating group) is 1. The highest BCUT2D eigenvalue weighted by atomic mass is 16.2. The molecule has 14 heavy (non-hydrogen) atoms. The van der Waals surface area contributed by atoms with Crippen molar-refractivity contribution >= 4 is 5.91 Å². The van der Waals surface area contributed by atoms with Gasteiger partial charge < -0.3 is 10.6 Å². The fraction of sp³-hybridized carbons (Fsp3) is 0.556. The van der Waals surface area contributed by atoms with Crippen molar-refractivity contribution in [2.45, 2.75) is 19.5 Å².